The van der Waals surface area contributed by atoms with Gasteiger partial charge in [-0.3, -0.25) is 4.84 Å². The SMILES string of the molecule is CC(C)(C)S(=O)(=O)CCNOC1CCCC1. The summed E-state index contributed by atoms with van der Waals surface area (Å²) in [4.78, 5) is 5.40. The summed E-state index contributed by atoms with van der Waals surface area (Å²) in [7, 11) is -3.04. The molecule has 0 radical (unpaired) electrons. The lowest BCUT2D eigenvalue weighted by molar-refractivity contribution is -0.0175. The lowest BCUT2D eigenvalue weighted by atomic mass is 10.3. The van der Waals surface area contributed by atoms with Crippen LogP contribution in [0.4, 0.5) is 0 Å². The second-order valence-corrected chi connectivity index (χ2v) is 8.21. The van der Waals surface area contributed by atoms with E-state index in [1.54, 1.807) is 20.8 Å². The van der Waals surface area contributed by atoms with E-state index in [1.165, 1.54) is 12.8 Å². The summed E-state index contributed by atoms with van der Waals surface area (Å²) < 4.78 is 22.8. The standard InChI is InChI=1S/C11H23NO3S/c1-11(2,3)16(13,14)9-8-12-15-10-6-4-5-7-10/h10,12H,4-9H2,1-3H3. The van der Waals surface area contributed by atoms with Gasteiger partial charge in [-0.05, 0) is 33.6 Å². The van der Waals surface area contributed by atoms with Gasteiger partial charge in [-0.2, -0.15) is 0 Å². The fourth-order valence-electron chi connectivity index (χ4n) is 1.67. The zero-order chi connectivity index (χ0) is 12.2. The number of sulfone groups is 1. The Morgan fingerprint density at radius 1 is 1.25 bits per heavy atom. The Kier molecular flexibility index (Phi) is 4.76. The molecule has 96 valence electrons. The minimum Gasteiger partial charge on any atom is -0.298 e. The molecule has 0 aromatic carbocycles. The highest BCUT2D eigenvalue weighted by Gasteiger charge is 2.28. The molecule has 1 N–H and O–H groups in total. The van der Waals surface area contributed by atoms with Crippen LogP contribution in [0.15, 0.2) is 0 Å². The topological polar surface area (TPSA) is 55.4 Å². The molecular weight excluding hydrogens is 226 g/mol. The van der Waals surface area contributed by atoms with Gasteiger partial charge in [-0.1, -0.05) is 12.8 Å². The third-order valence-electron chi connectivity index (χ3n) is 2.96. The minimum atomic E-state index is -3.04. The minimum absolute atomic E-state index is 0.128. The van der Waals surface area contributed by atoms with E-state index in [4.69, 9.17) is 4.84 Å². The summed E-state index contributed by atoms with van der Waals surface area (Å²) in [5.74, 6) is 0.128. The number of nitrogens with one attached hydrogen (secondary N) is 1. The first-order valence-corrected chi connectivity index (χ1v) is 7.59. The van der Waals surface area contributed by atoms with Gasteiger partial charge in [0.15, 0.2) is 9.84 Å². The summed E-state index contributed by atoms with van der Waals surface area (Å²) in [5.41, 5.74) is 2.78. The Morgan fingerprint density at radius 3 is 2.31 bits per heavy atom. The van der Waals surface area contributed by atoms with E-state index in [0.29, 0.717) is 6.54 Å². The number of hydrogen-bond donors (Lipinski definition) is 1. The Bertz CT molecular complexity index is 300. The van der Waals surface area contributed by atoms with Gasteiger partial charge >= 0.3 is 0 Å². The molecule has 1 rings (SSSR count). The fourth-order valence-corrected chi connectivity index (χ4v) is 2.63. The van der Waals surface area contributed by atoms with Gasteiger partial charge in [0.2, 0.25) is 0 Å². The van der Waals surface area contributed by atoms with Crippen LogP contribution in [-0.2, 0) is 14.7 Å². The largest absolute Gasteiger partial charge is 0.298 e. The van der Waals surface area contributed by atoms with E-state index < -0.39 is 14.6 Å². The molecule has 16 heavy (non-hydrogen) atoms. The summed E-state index contributed by atoms with van der Waals surface area (Å²) >= 11 is 0. The first-order chi connectivity index (χ1) is 7.33. The molecule has 0 amide bonds. The Hall–Kier alpha value is -0.130. The molecule has 1 saturated carbocycles. The third-order valence-corrected chi connectivity index (χ3v) is 5.57. The van der Waals surface area contributed by atoms with Gasteiger partial charge in [-0.25, -0.2) is 13.9 Å². The van der Waals surface area contributed by atoms with Crippen molar-refractivity contribution in [3.63, 3.8) is 0 Å². The van der Waals surface area contributed by atoms with Gasteiger partial charge in [-0.15, -0.1) is 0 Å². The van der Waals surface area contributed by atoms with Crippen LogP contribution in [0.5, 0.6) is 0 Å². The molecule has 0 aromatic heterocycles. The number of hydrogen-bond acceptors (Lipinski definition) is 4. The van der Waals surface area contributed by atoms with Gasteiger partial charge in [0, 0.05) is 6.54 Å². The van der Waals surface area contributed by atoms with Crippen molar-refractivity contribution in [1.29, 1.82) is 0 Å². The molecule has 1 aliphatic carbocycles. The van der Waals surface area contributed by atoms with E-state index in [-0.39, 0.29) is 11.9 Å². The van der Waals surface area contributed by atoms with Crippen LogP contribution < -0.4 is 5.48 Å². The molecule has 0 atom stereocenters. The molecule has 5 heteroatoms. The molecule has 0 aliphatic heterocycles. The maximum absolute atomic E-state index is 11.8. The molecule has 4 nitrogen and oxygen atoms in total. The van der Waals surface area contributed by atoms with E-state index in [1.807, 2.05) is 0 Å². The first kappa shape index (κ1) is 13.9. The highest BCUT2D eigenvalue weighted by Crippen LogP contribution is 2.20. The second kappa shape index (κ2) is 5.47. The van der Waals surface area contributed by atoms with Gasteiger partial charge in [0.25, 0.3) is 0 Å². The Balaban J connectivity index is 2.20. The van der Waals surface area contributed by atoms with Crippen molar-refractivity contribution in [2.75, 3.05) is 12.3 Å². The molecule has 0 aromatic rings. The molecule has 0 heterocycles. The predicted octanol–water partition coefficient (Wildman–Crippen LogP) is 1.66. The van der Waals surface area contributed by atoms with E-state index in [9.17, 15) is 8.42 Å². The van der Waals surface area contributed by atoms with Crippen LogP contribution in [0, 0.1) is 0 Å². The average Bonchev–Trinajstić information content (AvgIpc) is 2.63. The van der Waals surface area contributed by atoms with Gasteiger partial charge < -0.3 is 0 Å². The monoisotopic (exact) mass is 249 g/mol. The molecular formula is C11H23NO3S. The third kappa shape index (κ3) is 4.03. The van der Waals surface area contributed by atoms with E-state index in [0.717, 1.165) is 12.8 Å². The van der Waals surface area contributed by atoms with Crippen LogP contribution in [0.3, 0.4) is 0 Å². The van der Waals surface area contributed by atoms with Crippen LogP contribution in [-0.4, -0.2) is 31.6 Å². The lowest BCUT2D eigenvalue weighted by Gasteiger charge is -2.19. The summed E-state index contributed by atoms with van der Waals surface area (Å²) in [5, 5.41) is 0. The molecule has 1 fully saturated rings. The highest BCUT2D eigenvalue weighted by molar-refractivity contribution is 7.92. The van der Waals surface area contributed by atoms with Crippen molar-refractivity contribution in [1.82, 2.24) is 5.48 Å². The van der Waals surface area contributed by atoms with Crippen molar-refractivity contribution >= 4 is 9.84 Å². The van der Waals surface area contributed by atoms with Gasteiger partial charge in [0.05, 0.1) is 16.6 Å². The van der Waals surface area contributed by atoms with Crippen molar-refractivity contribution in [3.05, 3.63) is 0 Å². The summed E-state index contributed by atoms with van der Waals surface area (Å²) in [6.45, 7) is 5.54. The second-order valence-electron chi connectivity index (χ2n) is 5.35. The van der Waals surface area contributed by atoms with E-state index >= 15 is 0 Å². The van der Waals surface area contributed by atoms with Crippen molar-refractivity contribution in [2.45, 2.75) is 57.3 Å². The highest BCUT2D eigenvalue weighted by atomic mass is 32.2. The number of hydroxylamine groups is 1. The molecule has 0 bridgehead atoms. The Labute approximate surface area is 98.6 Å². The molecule has 1 aliphatic rings. The van der Waals surface area contributed by atoms with Crippen molar-refractivity contribution < 1.29 is 13.3 Å². The quantitative estimate of drug-likeness (QED) is 0.595. The van der Waals surface area contributed by atoms with Crippen molar-refractivity contribution in [2.24, 2.45) is 0 Å². The summed E-state index contributed by atoms with van der Waals surface area (Å²) in [6, 6.07) is 0. The molecule has 0 unspecified atom stereocenters. The maximum Gasteiger partial charge on any atom is 0.156 e. The fraction of sp³-hybridized carbons (Fsp3) is 1.00. The smallest absolute Gasteiger partial charge is 0.156 e. The lowest BCUT2D eigenvalue weighted by Crippen LogP contribution is -2.35. The van der Waals surface area contributed by atoms with E-state index in [2.05, 4.69) is 5.48 Å². The van der Waals surface area contributed by atoms with Crippen LogP contribution in [0.1, 0.15) is 46.5 Å². The molecule has 0 saturated heterocycles. The molecule has 0 spiro atoms. The zero-order valence-electron chi connectivity index (χ0n) is 10.5. The normalized spacial score (nSPS) is 19.2. The summed E-state index contributed by atoms with van der Waals surface area (Å²) in [6.07, 6.45) is 4.87. The van der Waals surface area contributed by atoms with Crippen molar-refractivity contribution in [3.8, 4) is 0 Å². The maximum atomic E-state index is 11.8. The first-order valence-electron chi connectivity index (χ1n) is 5.94. The average molecular weight is 249 g/mol. The van der Waals surface area contributed by atoms with Crippen LogP contribution in [0.25, 0.3) is 0 Å². The van der Waals surface area contributed by atoms with Crippen LogP contribution in [0.2, 0.25) is 0 Å². The Morgan fingerprint density at radius 2 is 1.81 bits per heavy atom. The zero-order valence-corrected chi connectivity index (χ0v) is 11.3. The number of rotatable bonds is 5. The predicted molar refractivity (Wildman–Crippen MR) is 64.9 cm³/mol. The van der Waals surface area contributed by atoms with Crippen LogP contribution >= 0.6 is 0 Å². The van der Waals surface area contributed by atoms with Gasteiger partial charge in [0.1, 0.15) is 0 Å².